The molecule has 3 N–H and O–H groups in total. The summed E-state index contributed by atoms with van der Waals surface area (Å²) in [4.78, 5) is 14.5. The van der Waals surface area contributed by atoms with Gasteiger partial charge in [0.1, 0.15) is 0 Å². The lowest BCUT2D eigenvalue weighted by Crippen LogP contribution is -2.40. The Morgan fingerprint density at radius 1 is 1.43 bits per heavy atom. The number of benzene rings is 1. The molecular weight excluding hydrogens is 294 g/mol. The highest BCUT2D eigenvalue weighted by molar-refractivity contribution is 5.89. The zero-order chi connectivity index (χ0) is 16.2. The number of nitrogens with two attached hydrogens (primary N) is 1. The fourth-order valence-electron chi connectivity index (χ4n) is 2.94. The van der Waals surface area contributed by atoms with E-state index in [0.717, 1.165) is 19.5 Å². The number of nitrogens with zero attached hydrogens (tertiary/aromatic N) is 3. The lowest BCUT2D eigenvalue weighted by molar-refractivity contribution is 0.0907. The third-order valence-corrected chi connectivity index (χ3v) is 4.21. The number of rotatable bonds is 5. The Morgan fingerprint density at radius 2 is 2.26 bits per heavy atom. The molecule has 0 radical (unpaired) electrons. The lowest BCUT2D eigenvalue weighted by atomic mass is 10.2. The van der Waals surface area contributed by atoms with Crippen LogP contribution in [0.2, 0.25) is 0 Å². The van der Waals surface area contributed by atoms with Crippen molar-refractivity contribution in [3.05, 3.63) is 30.2 Å². The van der Waals surface area contributed by atoms with E-state index in [1.54, 1.807) is 12.1 Å². The number of anilines is 1. The number of likely N-dealkylation sites (tertiary alicyclic amines) is 1. The van der Waals surface area contributed by atoms with Gasteiger partial charge in [0.05, 0.1) is 5.56 Å². The van der Waals surface area contributed by atoms with Crippen LogP contribution >= 0.6 is 0 Å². The van der Waals surface area contributed by atoms with Gasteiger partial charge in [0, 0.05) is 18.3 Å². The highest BCUT2D eigenvalue weighted by Gasteiger charge is 2.24. The number of nitrogens with one attached hydrogen (secondary N) is 1. The Hall–Kier alpha value is -2.41. The van der Waals surface area contributed by atoms with Gasteiger partial charge < -0.3 is 15.5 Å². The van der Waals surface area contributed by atoms with Gasteiger partial charge in [-0.2, -0.15) is 0 Å². The number of para-hydroxylation sites is 1. The van der Waals surface area contributed by atoms with Crippen molar-refractivity contribution in [2.24, 2.45) is 0 Å². The minimum atomic E-state index is -0.346. The Labute approximate surface area is 134 Å². The molecule has 0 aliphatic carbocycles. The zero-order valence-corrected chi connectivity index (χ0v) is 13.2. The molecule has 0 bridgehead atoms. The van der Waals surface area contributed by atoms with Crippen molar-refractivity contribution < 1.29 is 9.21 Å². The monoisotopic (exact) mass is 315 g/mol. The largest absolute Gasteiger partial charge is 0.412 e. The summed E-state index contributed by atoms with van der Waals surface area (Å²) in [5.74, 6) is -0.130. The van der Waals surface area contributed by atoms with Crippen LogP contribution in [-0.4, -0.2) is 46.7 Å². The quantitative estimate of drug-likeness (QED) is 0.812. The van der Waals surface area contributed by atoms with E-state index >= 15 is 0 Å². The number of amides is 1. The Kier molecular flexibility index (Phi) is 4.57. The molecule has 1 fully saturated rings. The van der Waals surface area contributed by atoms with Gasteiger partial charge in [0.25, 0.3) is 0 Å². The molecule has 1 aromatic heterocycles. The molecule has 2 aromatic rings. The Morgan fingerprint density at radius 3 is 3.04 bits per heavy atom. The number of nitrogen functional groups attached to an aromatic ring is 1. The Balaban J connectivity index is 1.64. The normalized spacial score (nSPS) is 18.2. The second-order valence-corrected chi connectivity index (χ2v) is 5.63. The van der Waals surface area contributed by atoms with Crippen molar-refractivity contribution in [3.8, 4) is 11.5 Å². The molecule has 122 valence electrons. The third kappa shape index (κ3) is 3.34. The van der Waals surface area contributed by atoms with Crippen LogP contribution < -0.4 is 11.1 Å². The molecule has 1 aliphatic heterocycles. The van der Waals surface area contributed by atoms with Crippen LogP contribution in [0, 0.1) is 0 Å². The molecule has 1 saturated heterocycles. The molecular formula is C16H21N5O2. The van der Waals surface area contributed by atoms with Gasteiger partial charge in [-0.15, -0.1) is 10.2 Å². The molecule has 7 nitrogen and oxygen atoms in total. The number of carbonyl (C=O) groups is 1. The van der Waals surface area contributed by atoms with Gasteiger partial charge in [0.2, 0.25) is 5.89 Å². The summed E-state index contributed by atoms with van der Waals surface area (Å²) in [7, 11) is 0. The van der Waals surface area contributed by atoms with Gasteiger partial charge >= 0.3 is 11.8 Å². The van der Waals surface area contributed by atoms with E-state index in [9.17, 15) is 4.79 Å². The van der Waals surface area contributed by atoms with Gasteiger partial charge in [0.15, 0.2) is 0 Å². The molecule has 23 heavy (non-hydrogen) atoms. The first kappa shape index (κ1) is 15.5. The summed E-state index contributed by atoms with van der Waals surface area (Å²) in [5.41, 5.74) is 7.04. The SMILES string of the molecule is CCN1CCC[C@H]1CNC(=O)c1nnc(-c2ccccc2N)o1. The fraction of sp³-hybridized carbons (Fsp3) is 0.438. The van der Waals surface area contributed by atoms with Crippen LogP contribution in [0.4, 0.5) is 5.69 Å². The Bertz CT molecular complexity index is 685. The molecule has 7 heteroatoms. The summed E-state index contributed by atoms with van der Waals surface area (Å²) in [6.07, 6.45) is 2.27. The van der Waals surface area contributed by atoms with Crippen LogP contribution in [0.1, 0.15) is 30.5 Å². The standard InChI is InChI=1S/C16H21N5O2/c1-2-21-9-5-6-11(21)10-18-14(22)16-20-19-15(23-16)12-7-3-4-8-13(12)17/h3-4,7-8,11H,2,5-6,9-10,17H2,1H3,(H,18,22)/t11-/m0/s1. The predicted octanol–water partition coefficient (Wildman–Crippen LogP) is 1.53. The first-order valence-electron chi connectivity index (χ1n) is 7.89. The van der Waals surface area contributed by atoms with E-state index in [2.05, 4.69) is 27.3 Å². The molecule has 0 saturated carbocycles. The maximum atomic E-state index is 12.2. The van der Waals surface area contributed by atoms with Crippen LogP contribution in [0.15, 0.2) is 28.7 Å². The van der Waals surface area contributed by atoms with E-state index in [4.69, 9.17) is 10.2 Å². The number of aromatic nitrogens is 2. The van der Waals surface area contributed by atoms with E-state index in [1.165, 1.54) is 6.42 Å². The zero-order valence-electron chi connectivity index (χ0n) is 13.2. The fourth-order valence-corrected chi connectivity index (χ4v) is 2.94. The average molecular weight is 315 g/mol. The summed E-state index contributed by atoms with van der Waals surface area (Å²) in [5, 5.41) is 10.6. The van der Waals surface area contributed by atoms with Gasteiger partial charge in [-0.1, -0.05) is 19.1 Å². The van der Waals surface area contributed by atoms with Crippen LogP contribution in [0.25, 0.3) is 11.5 Å². The lowest BCUT2D eigenvalue weighted by Gasteiger charge is -2.22. The van der Waals surface area contributed by atoms with Crippen molar-refractivity contribution in [1.29, 1.82) is 0 Å². The van der Waals surface area contributed by atoms with Crippen molar-refractivity contribution in [1.82, 2.24) is 20.4 Å². The molecule has 1 atom stereocenters. The molecule has 3 rings (SSSR count). The molecule has 0 unspecified atom stereocenters. The van der Waals surface area contributed by atoms with Crippen molar-refractivity contribution in [2.45, 2.75) is 25.8 Å². The first-order chi connectivity index (χ1) is 11.2. The number of likely N-dealkylation sites (N-methyl/N-ethyl adjacent to an activating group) is 1. The second-order valence-electron chi connectivity index (χ2n) is 5.63. The number of hydrogen-bond donors (Lipinski definition) is 2. The van der Waals surface area contributed by atoms with Crippen molar-refractivity contribution >= 4 is 11.6 Å². The third-order valence-electron chi connectivity index (χ3n) is 4.21. The van der Waals surface area contributed by atoms with Gasteiger partial charge in [-0.05, 0) is 38.1 Å². The smallest absolute Gasteiger partial charge is 0.308 e. The molecule has 0 spiro atoms. The van der Waals surface area contributed by atoms with Gasteiger partial charge in [-0.3, -0.25) is 9.69 Å². The maximum absolute atomic E-state index is 12.2. The van der Waals surface area contributed by atoms with E-state index in [-0.39, 0.29) is 17.7 Å². The minimum absolute atomic E-state index is 0.0377. The van der Waals surface area contributed by atoms with E-state index in [1.807, 2.05) is 12.1 Å². The van der Waals surface area contributed by atoms with E-state index < -0.39 is 0 Å². The number of hydrogen-bond acceptors (Lipinski definition) is 6. The van der Waals surface area contributed by atoms with Crippen LogP contribution in [-0.2, 0) is 0 Å². The maximum Gasteiger partial charge on any atom is 0.308 e. The number of carbonyl (C=O) groups excluding carboxylic acids is 1. The topological polar surface area (TPSA) is 97.3 Å². The summed E-state index contributed by atoms with van der Waals surface area (Å²) in [6, 6.07) is 7.57. The first-order valence-corrected chi connectivity index (χ1v) is 7.89. The average Bonchev–Trinajstić information content (AvgIpc) is 3.22. The predicted molar refractivity (Wildman–Crippen MR) is 86.7 cm³/mol. The van der Waals surface area contributed by atoms with Crippen LogP contribution in [0.3, 0.4) is 0 Å². The van der Waals surface area contributed by atoms with Crippen molar-refractivity contribution in [3.63, 3.8) is 0 Å². The van der Waals surface area contributed by atoms with Crippen LogP contribution in [0.5, 0.6) is 0 Å². The highest BCUT2D eigenvalue weighted by Crippen LogP contribution is 2.24. The van der Waals surface area contributed by atoms with Crippen molar-refractivity contribution in [2.75, 3.05) is 25.4 Å². The van der Waals surface area contributed by atoms with Gasteiger partial charge in [-0.25, -0.2) is 0 Å². The summed E-state index contributed by atoms with van der Waals surface area (Å²) >= 11 is 0. The second kappa shape index (κ2) is 6.78. The molecule has 1 aromatic carbocycles. The molecule has 2 heterocycles. The summed E-state index contributed by atoms with van der Waals surface area (Å²) in [6.45, 7) is 4.82. The molecule has 1 amide bonds. The molecule has 1 aliphatic rings. The minimum Gasteiger partial charge on any atom is -0.412 e. The van der Waals surface area contributed by atoms with E-state index in [0.29, 0.717) is 23.8 Å². The highest BCUT2D eigenvalue weighted by atomic mass is 16.4. The summed E-state index contributed by atoms with van der Waals surface area (Å²) < 4.78 is 5.45.